The Morgan fingerprint density at radius 3 is 1.67 bits per heavy atom. The summed E-state index contributed by atoms with van der Waals surface area (Å²) in [5.74, 6) is 0. The summed E-state index contributed by atoms with van der Waals surface area (Å²) in [7, 11) is 0. The third kappa shape index (κ3) is 42.5. The summed E-state index contributed by atoms with van der Waals surface area (Å²) in [6.07, 6.45) is 0. The monoisotopic (exact) mass is 219 g/mol. The van der Waals surface area contributed by atoms with Crippen molar-refractivity contribution in [2.45, 2.75) is 0 Å². The molecule has 0 aliphatic heterocycles. The van der Waals surface area contributed by atoms with Gasteiger partial charge < -0.3 is 22.5 Å². The van der Waals surface area contributed by atoms with Crippen LogP contribution in [0.25, 0.3) is 0 Å². The Balaban J connectivity index is -0.000000142. The van der Waals surface area contributed by atoms with Crippen LogP contribution in [0.15, 0.2) is 0 Å². The van der Waals surface area contributed by atoms with Crippen molar-refractivity contribution in [2.24, 2.45) is 17.2 Å². The molecule has 0 aliphatic rings. The third-order valence-corrected chi connectivity index (χ3v) is 0.642. The van der Waals surface area contributed by atoms with Gasteiger partial charge in [-0.25, -0.2) is 0 Å². The number of nitrogens with two attached hydrogens (primary N) is 3. The standard InChI is InChI=1S/C4H13N3.CH3NOS.K/c5-1-3-7-4-2-6;2-1(3)4;/h7H,1-6H2;(H3,2,3,4);. The number of thiol groups is 1. The molecule has 7 N–H and O–H groups in total. The van der Waals surface area contributed by atoms with Crippen molar-refractivity contribution < 1.29 is 4.79 Å². The number of carbonyl (C=O) groups is 1. The molecule has 0 atom stereocenters. The van der Waals surface area contributed by atoms with Gasteiger partial charge in [-0.3, -0.25) is 4.79 Å². The van der Waals surface area contributed by atoms with Crippen molar-refractivity contribution in [1.29, 1.82) is 0 Å². The number of primary amides is 1. The molecule has 0 aromatic heterocycles. The molecule has 1 radical (unpaired) electrons. The maximum Gasteiger partial charge on any atom is 0.273 e. The zero-order chi connectivity index (χ0) is 9.11. The molecule has 0 saturated heterocycles. The van der Waals surface area contributed by atoms with Gasteiger partial charge >= 0.3 is 0 Å². The molecule has 0 bridgehead atoms. The Labute approximate surface area is 121 Å². The van der Waals surface area contributed by atoms with Crippen LogP contribution in [0.2, 0.25) is 0 Å². The number of rotatable bonds is 4. The van der Waals surface area contributed by atoms with Crippen molar-refractivity contribution in [3.63, 3.8) is 0 Å². The largest absolute Gasteiger partial charge is 0.361 e. The average molecular weight is 219 g/mol. The fraction of sp³-hybridized carbons (Fsp3) is 0.800. The maximum atomic E-state index is 9.09. The van der Waals surface area contributed by atoms with E-state index in [4.69, 9.17) is 16.3 Å². The molecule has 7 heteroatoms. The topological polar surface area (TPSA) is 107 Å². The minimum atomic E-state index is -0.639. The van der Waals surface area contributed by atoms with E-state index in [-0.39, 0.29) is 51.4 Å². The predicted octanol–water partition coefficient (Wildman–Crippen LogP) is -1.89. The van der Waals surface area contributed by atoms with E-state index in [9.17, 15) is 0 Å². The molecule has 12 heavy (non-hydrogen) atoms. The third-order valence-electron chi connectivity index (χ3n) is 0.642. The molecule has 0 fully saturated rings. The Morgan fingerprint density at radius 1 is 1.25 bits per heavy atom. The Morgan fingerprint density at radius 2 is 1.50 bits per heavy atom. The fourth-order valence-corrected chi connectivity index (χ4v) is 0.329. The van der Waals surface area contributed by atoms with Gasteiger partial charge in [0.2, 0.25) is 0 Å². The molecule has 0 aliphatic carbocycles. The van der Waals surface area contributed by atoms with Crippen LogP contribution in [0.4, 0.5) is 4.79 Å². The van der Waals surface area contributed by atoms with Crippen LogP contribution in [-0.2, 0) is 0 Å². The van der Waals surface area contributed by atoms with Crippen molar-refractivity contribution in [2.75, 3.05) is 26.2 Å². The van der Waals surface area contributed by atoms with Crippen molar-refractivity contribution in [3.8, 4) is 0 Å². The second-order valence-corrected chi connectivity index (χ2v) is 2.11. The van der Waals surface area contributed by atoms with Crippen LogP contribution in [0.3, 0.4) is 0 Å². The Hall–Kier alpha value is 1.34. The molecule has 0 aromatic carbocycles. The first-order valence-corrected chi connectivity index (χ1v) is 3.69. The maximum absolute atomic E-state index is 9.09. The molecule has 5 nitrogen and oxygen atoms in total. The van der Waals surface area contributed by atoms with Gasteiger partial charge in [0.25, 0.3) is 5.24 Å². The molecule has 1 amide bonds. The van der Waals surface area contributed by atoms with Crippen molar-refractivity contribution in [1.82, 2.24) is 5.32 Å². The molecular formula is C5H16KN4OS. The molecule has 0 aromatic rings. The molecule has 69 valence electrons. The normalized spacial score (nSPS) is 7.58. The molecule has 0 saturated carbocycles. The van der Waals surface area contributed by atoms with Crippen LogP contribution >= 0.6 is 12.6 Å². The van der Waals surface area contributed by atoms with E-state index in [1.165, 1.54) is 0 Å². The van der Waals surface area contributed by atoms with Crippen LogP contribution < -0.4 is 22.5 Å². The Bertz CT molecular complexity index is 87.5. The van der Waals surface area contributed by atoms with Gasteiger partial charge in [0.15, 0.2) is 0 Å². The summed E-state index contributed by atoms with van der Waals surface area (Å²) in [5.41, 5.74) is 14.7. The second kappa shape index (κ2) is 18.2. The summed E-state index contributed by atoms with van der Waals surface area (Å²) in [5, 5.41) is 2.40. The molecular weight excluding hydrogens is 203 g/mol. The molecule has 0 heterocycles. The van der Waals surface area contributed by atoms with Crippen LogP contribution in [-0.4, -0.2) is 82.8 Å². The van der Waals surface area contributed by atoms with Gasteiger partial charge in [-0.2, -0.15) is 0 Å². The van der Waals surface area contributed by atoms with Gasteiger partial charge in [0.05, 0.1) is 0 Å². The summed E-state index contributed by atoms with van der Waals surface area (Å²) in [6.45, 7) is 3.13. The van der Waals surface area contributed by atoms with Gasteiger partial charge in [-0.1, -0.05) is 12.6 Å². The van der Waals surface area contributed by atoms with Crippen LogP contribution in [0.5, 0.6) is 0 Å². The van der Waals surface area contributed by atoms with Gasteiger partial charge in [-0.05, 0) is 0 Å². The second-order valence-electron chi connectivity index (χ2n) is 1.67. The first-order valence-electron chi connectivity index (χ1n) is 3.24. The number of carbonyl (C=O) groups excluding carboxylic acids is 1. The Kier molecular flexibility index (Phi) is 28.8. The van der Waals surface area contributed by atoms with E-state index in [2.05, 4.69) is 23.7 Å². The smallest absolute Gasteiger partial charge is 0.273 e. The van der Waals surface area contributed by atoms with Gasteiger partial charge in [-0.15, -0.1) is 0 Å². The number of nitrogens with one attached hydrogen (secondary N) is 1. The quantitative estimate of drug-likeness (QED) is 0.216. The van der Waals surface area contributed by atoms with Gasteiger partial charge in [0.1, 0.15) is 0 Å². The number of hydrogen-bond donors (Lipinski definition) is 5. The van der Waals surface area contributed by atoms with E-state index in [1.807, 2.05) is 0 Å². The van der Waals surface area contributed by atoms with Gasteiger partial charge in [0, 0.05) is 77.6 Å². The predicted molar refractivity (Wildman–Crippen MR) is 55.3 cm³/mol. The van der Waals surface area contributed by atoms with E-state index in [0.717, 1.165) is 13.1 Å². The summed E-state index contributed by atoms with van der Waals surface area (Å²) in [6, 6.07) is 0. The number of amides is 1. The SMILES string of the molecule is NC(=O)S.NCCNCCN.[K]. The summed E-state index contributed by atoms with van der Waals surface area (Å²) < 4.78 is 0. The van der Waals surface area contributed by atoms with Crippen LogP contribution in [0.1, 0.15) is 0 Å². The first kappa shape index (κ1) is 19.0. The average Bonchev–Trinajstić information content (AvgIpc) is 1.88. The molecule has 0 spiro atoms. The minimum Gasteiger partial charge on any atom is -0.361 e. The zero-order valence-corrected chi connectivity index (χ0v) is 11.4. The summed E-state index contributed by atoms with van der Waals surface area (Å²) >= 11 is 3.10. The van der Waals surface area contributed by atoms with E-state index in [0.29, 0.717) is 13.1 Å². The van der Waals surface area contributed by atoms with Crippen molar-refractivity contribution >= 4 is 69.3 Å². The summed E-state index contributed by atoms with van der Waals surface area (Å²) in [4.78, 5) is 9.09. The zero-order valence-electron chi connectivity index (χ0n) is 7.42. The first-order chi connectivity index (χ1) is 5.15. The van der Waals surface area contributed by atoms with E-state index < -0.39 is 5.24 Å². The fourth-order valence-electron chi connectivity index (χ4n) is 0.329. The van der Waals surface area contributed by atoms with E-state index >= 15 is 0 Å². The van der Waals surface area contributed by atoms with E-state index in [1.54, 1.807) is 0 Å². The number of hydrogen-bond acceptors (Lipinski definition) is 4. The minimum absolute atomic E-state index is 0. The molecule has 0 unspecified atom stereocenters. The van der Waals surface area contributed by atoms with Crippen LogP contribution in [0, 0.1) is 0 Å². The molecule has 0 rings (SSSR count). The van der Waals surface area contributed by atoms with Crippen molar-refractivity contribution in [3.05, 3.63) is 0 Å².